The third kappa shape index (κ3) is 3.70. The van der Waals surface area contributed by atoms with E-state index in [9.17, 15) is 4.79 Å². The Kier molecular flexibility index (Phi) is 4.52. The third-order valence-corrected chi connectivity index (χ3v) is 3.04. The molecule has 1 aliphatic heterocycles. The fourth-order valence-electron chi connectivity index (χ4n) is 2.01. The van der Waals surface area contributed by atoms with Gasteiger partial charge >= 0.3 is 0 Å². The molecule has 1 aliphatic rings. The van der Waals surface area contributed by atoms with Crippen molar-refractivity contribution in [1.82, 2.24) is 10.3 Å². The van der Waals surface area contributed by atoms with Crippen molar-refractivity contribution < 1.29 is 9.53 Å². The molecule has 1 unspecified atom stereocenters. The molecular weight excluding hydrogens is 230 g/mol. The molecule has 2 rings (SSSR count). The minimum atomic E-state index is -0.161. The predicted molar refractivity (Wildman–Crippen MR) is 69.2 cm³/mol. The molecule has 1 aromatic rings. The van der Waals surface area contributed by atoms with Crippen LogP contribution in [0.4, 0.5) is 5.69 Å². The van der Waals surface area contributed by atoms with Crippen LogP contribution in [0.1, 0.15) is 36.2 Å². The Balaban J connectivity index is 1.72. The number of hydrogen-bond donors (Lipinski definition) is 2. The number of nitrogens with one attached hydrogen (secondary N) is 1. The second-order valence-corrected chi connectivity index (χ2v) is 4.51. The van der Waals surface area contributed by atoms with Crippen LogP contribution < -0.4 is 11.1 Å². The summed E-state index contributed by atoms with van der Waals surface area (Å²) >= 11 is 0. The number of ether oxygens (including phenoxy) is 1. The summed E-state index contributed by atoms with van der Waals surface area (Å²) in [5.74, 6) is -0.161. The van der Waals surface area contributed by atoms with E-state index in [-0.39, 0.29) is 5.91 Å². The summed E-state index contributed by atoms with van der Waals surface area (Å²) in [4.78, 5) is 15.7. The molecule has 0 radical (unpaired) electrons. The van der Waals surface area contributed by atoms with Crippen LogP contribution >= 0.6 is 0 Å². The molecular formula is C13H19N3O2. The van der Waals surface area contributed by atoms with E-state index in [4.69, 9.17) is 10.5 Å². The van der Waals surface area contributed by atoms with Crippen molar-refractivity contribution in [3.8, 4) is 0 Å². The quantitative estimate of drug-likeness (QED) is 0.844. The zero-order valence-corrected chi connectivity index (χ0v) is 10.4. The lowest BCUT2D eigenvalue weighted by Crippen LogP contribution is -2.29. The van der Waals surface area contributed by atoms with Gasteiger partial charge in [-0.25, -0.2) is 4.98 Å². The number of nitrogens with zero attached hydrogens (tertiary/aromatic N) is 1. The summed E-state index contributed by atoms with van der Waals surface area (Å²) < 4.78 is 5.60. The number of carbonyl (C=O) groups is 1. The number of nitrogens with two attached hydrogens (primary N) is 1. The highest BCUT2D eigenvalue weighted by Crippen LogP contribution is 2.14. The van der Waals surface area contributed by atoms with Gasteiger partial charge in [-0.15, -0.1) is 0 Å². The van der Waals surface area contributed by atoms with Crippen LogP contribution in [0.25, 0.3) is 0 Å². The van der Waals surface area contributed by atoms with Crippen LogP contribution in [-0.2, 0) is 4.74 Å². The molecule has 98 valence electrons. The van der Waals surface area contributed by atoms with E-state index in [1.165, 1.54) is 12.6 Å². The molecule has 3 N–H and O–H groups in total. The lowest BCUT2D eigenvalue weighted by molar-refractivity contribution is 0.0117. The zero-order chi connectivity index (χ0) is 12.8. The summed E-state index contributed by atoms with van der Waals surface area (Å²) in [6.07, 6.45) is 6.10. The largest absolute Gasteiger partial charge is 0.397 e. The number of carbonyl (C=O) groups excluding carboxylic acids is 1. The number of pyridine rings is 1. The van der Waals surface area contributed by atoms with Crippen LogP contribution in [0, 0.1) is 0 Å². The van der Waals surface area contributed by atoms with Crippen LogP contribution in [-0.4, -0.2) is 30.1 Å². The molecule has 1 saturated heterocycles. The first-order chi connectivity index (χ1) is 8.75. The molecule has 1 fully saturated rings. The Labute approximate surface area is 107 Å². The van der Waals surface area contributed by atoms with Crippen molar-refractivity contribution >= 4 is 11.6 Å². The summed E-state index contributed by atoms with van der Waals surface area (Å²) in [6, 6.07) is 3.30. The Morgan fingerprint density at radius 2 is 2.39 bits per heavy atom. The highest BCUT2D eigenvalue weighted by Gasteiger charge is 2.14. The molecule has 1 atom stereocenters. The molecule has 0 aromatic carbocycles. The molecule has 18 heavy (non-hydrogen) atoms. The Hall–Kier alpha value is -1.62. The normalized spacial score (nSPS) is 19.4. The predicted octanol–water partition coefficient (Wildman–Crippen LogP) is 1.35. The topological polar surface area (TPSA) is 77.2 Å². The molecule has 0 aliphatic carbocycles. The van der Waals surface area contributed by atoms with Gasteiger partial charge in [0, 0.05) is 13.2 Å². The minimum Gasteiger partial charge on any atom is -0.397 e. The first-order valence-electron chi connectivity index (χ1n) is 6.37. The summed E-state index contributed by atoms with van der Waals surface area (Å²) in [6.45, 7) is 1.47. The van der Waals surface area contributed by atoms with Gasteiger partial charge in [-0.3, -0.25) is 4.79 Å². The van der Waals surface area contributed by atoms with Crippen LogP contribution in [0.2, 0.25) is 0 Å². The van der Waals surface area contributed by atoms with Crippen molar-refractivity contribution in [2.24, 2.45) is 0 Å². The van der Waals surface area contributed by atoms with Crippen molar-refractivity contribution in [3.63, 3.8) is 0 Å². The van der Waals surface area contributed by atoms with Gasteiger partial charge in [0.1, 0.15) is 5.69 Å². The van der Waals surface area contributed by atoms with Gasteiger partial charge in [0.05, 0.1) is 18.0 Å². The van der Waals surface area contributed by atoms with Crippen molar-refractivity contribution in [3.05, 3.63) is 24.0 Å². The number of aromatic nitrogens is 1. The fraction of sp³-hybridized carbons (Fsp3) is 0.538. The van der Waals surface area contributed by atoms with Crippen LogP contribution in [0.15, 0.2) is 18.3 Å². The average Bonchev–Trinajstić information content (AvgIpc) is 2.40. The smallest absolute Gasteiger partial charge is 0.269 e. The maximum absolute atomic E-state index is 11.7. The third-order valence-electron chi connectivity index (χ3n) is 3.04. The van der Waals surface area contributed by atoms with Crippen molar-refractivity contribution in [2.45, 2.75) is 31.8 Å². The van der Waals surface area contributed by atoms with Gasteiger partial charge in [0.2, 0.25) is 0 Å². The zero-order valence-electron chi connectivity index (χ0n) is 10.4. The van der Waals surface area contributed by atoms with E-state index in [0.29, 0.717) is 24.0 Å². The van der Waals surface area contributed by atoms with Gasteiger partial charge in [-0.05, 0) is 37.8 Å². The maximum atomic E-state index is 11.7. The number of anilines is 1. The number of rotatable bonds is 4. The number of amides is 1. The number of nitrogen functional groups attached to an aromatic ring is 1. The lowest BCUT2D eigenvalue weighted by atomic mass is 10.1. The monoisotopic (exact) mass is 249 g/mol. The van der Waals surface area contributed by atoms with Gasteiger partial charge < -0.3 is 15.8 Å². The Morgan fingerprint density at radius 3 is 3.06 bits per heavy atom. The van der Waals surface area contributed by atoms with E-state index in [2.05, 4.69) is 10.3 Å². The highest BCUT2D eigenvalue weighted by molar-refractivity contribution is 5.92. The summed E-state index contributed by atoms with van der Waals surface area (Å²) in [5.41, 5.74) is 6.47. The second-order valence-electron chi connectivity index (χ2n) is 4.51. The molecule has 5 nitrogen and oxygen atoms in total. The molecule has 1 aromatic heterocycles. The molecule has 0 saturated carbocycles. The van der Waals surface area contributed by atoms with Crippen LogP contribution in [0.5, 0.6) is 0 Å². The first kappa shape index (κ1) is 12.8. The van der Waals surface area contributed by atoms with E-state index in [1.54, 1.807) is 12.1 Å². The standard InChI is InChI=1S/C13H19N3O2/c14-10-4-5-12(16-9-10)13(17)15-7-6-11-3-1-2-8-18-11/h4-5,9,11H,1-3,6-8,14H2,(H,15,17). The van der Waals surface area contributed by atoms with Gasteiger partial charge in [-0.1, -0.05) is 0 Å². The first-order valence-corrected chi connectivity index (χ1v) is 6.37. The SMILES string of the molecule is Nc1ccc(C(=O)NCCC2CCCCO2)nc1. The fourth-order valence-corrected chi connectivity index (χ4v) is 2.01. The summed E-state index contributed by atoms with van der Waals surface area (Å²) in [7, 11) is 0. The lowest BCUT2D eigenvalue weighted by Gasteiger charge is -2.22. The van der Waals surface area contributed by atoms with Gasteiger partial charge in [-0.2, -0.15) is 0 Å². The maximum Gasteiger partial charge on any atom is 0.269 e. The summed E-state index contributed by atoms with van der Waals surface area (Å²) in [5, 5.41) is 2.84. The molecule has 2 heterocycles. The van der Waals surface area contributed by atoms with Gasteiger partial charge in [0.15, 0.2) is 0 Å². The molecule has 0 spiro atoms. The average molecular weight is 249 g/mol. The van der Waals surface area contributed by atoms with Crippen molar-refractivity contribution in [2.75, 3.05) is 18.9 Å². The Morgan fingerprint density at radius 1 is 1.50 bits per heavy atom. The highest BCUT2D eigenvalue weighted by atomic mass is 16.5. The molecule has 1 amide bonds. The van der Waals surface area contributed by atoms with E-state index >= 15 is 0 Å². The molecule has 5 heteroatoms. The van der Waals surface area contributed by atoms with Gasteiger partial charge in [0.25, 0.3) is 5.91 Å². The number of hydrogen-bond acceptors (Lipinski definition) is 4. The van der Waals surface area contributed by atoms with E-state index in [1.807, 2.05) is 0 Å². The Bertz CT molecular complexity index is 386. The minimum absolute atomic E-state index is 0.161. The second kappa shape index (κ2) is 6.35. The van der Waals surface area contributed by atoms with E-state index < -0.39 is 0 Å². The van der Waals surface area contributed by atoms with E-state index in [0.717, 1.165) is 25.9 Å². The van der Waals surface area contributed by atoms with Crippen LogP contribution in [0.3, 0.4) is 0 Å². The van der Waals surface area contributed by atoms with Crippen molar-refractivity contribution in [1.29, 1.82) is 0 Å². The molecule has 0 bridgehead atoms.